The number of hydrogen-bond donors (Lipinski definition) is 2. The fourth-order valence-corrected chi connectivity index (χ4v) is 5.12. The smallest absolute Gasteiger partial charge is 0.355 e. The Kier molecular flexibility index (Phi) is 7.04. The van der Waals surface area contributed by atoms with Gasteiger partial charge in [-0.1, -0.05) is 58.8 Å². The van der Waals surface area contributed by atoms with Crippen molar-refractivity contribution in [1.29, 1.82) is 0 Å². The Bertz CT molecular complexity index is 1480. The van der Waals surface area contributed by atoms with Crippen LogP contribution in [0.3, 0.4) is 0 Å². The molecule has 8 nitrogen and oxygen atoms in total. The zero-order chi connectivity index (χ0) is 27.1. The number of nitrogens with zero attached hydrogens (tertiary/aromatic N) is 2. The first-order valence-electron chi connectivity index (χ1n) is 11.9. The Morgan fingerprint density at radius 3 is 2.47 bits per heavy atom. The van der Waals surface area contributed by atoms with E-state index in [1.165, 1.54) is 12.1 Å². The minimum Gasteiger partial charge on any atom is -0.355 e. The molecule has 12 heteroatoms. The van der Waals surface area contributed by atoms with Gasteiger partial charge in [-0.2, -0.15) is 13.2 Å². The molecule has 1 aliphatic rings. The van der Waals surface area contributed by atoms with Crippen LogP contribution in [0.2, 0.25) is 0 Å². The molecule has 0 aliphatic heterocycles. The highest BCUT2D eigenvalue weighted by molar-refractivity contribution is 7.32. The molecule has 2 aromatic carbocycles. The molecule has 2 aromatic heterocycles. The quantitative estimate of drug-likeness (QED) is 0.264. The Labute approximate surface area is 216 Å². The summed E-state index contributed by atoms with van der Waals surface area (Å²) in [7, 11) is -3.05. The maximum Gasteiger partial charge on any atom is 0.422 e. The van der Waals surface area contributed by atoms with Crippen LogP contribution in [0.1, 0.15) is 35.6 Å². The second-order valence-corrected chi connectivity index (χ2v) is 10.5. The van der Waals surface area contributed by atoms with E-state index in [1.54, 1.807) is 25.1 Å². The van der Waals surface area contributed by atoms with Crippen LogP contribution in [0.4, 0.5) is 13.2 Å². The van der Waals surface area contributed by atoms with Crippen LogP contribution in [0.25, 0.3) is 34.0 Å². The molecule has 0 radical (unpaired) electrons. The third kappa shape index (κ3) is 5.33. The Hall–Kier alpha value is -3.24. The molecule has 1 unspecified atom stereocenters. The summed E-state index contributed by atoms with van der Waals surface area (Å²) in [5.74, 6) is -0.419. The molecular weight excluding hydrogens is 522 g/mol. The van der Waals surface area contributed by atoms with Gasteiger partial charge in [-0.15, -0.1) is 0 Å². The predicted octanol–water partition coefficient (Wildman–Crippen LogP) is 5.83. The summed E-state index contributed by atoms with van der Waals surface area (Å²) in [5, 5.41) is 7.89. The first-order chi connectivity index (χ1) is 18.0. The van der Waals surface area contributed by atoms with E-state index < -0.39 is 31.2 Å². The number of nitrogens with two attached hydrogens (primary N) is 1. The Morgan fingerprint density at radius 2 is 1.76 bits per heavy atom. The first-order valence-corrected chi connectivity index (χ1v) is 13.2. The van der Waals surface area contributed by atoms with E-state index in [0.717, 1.165) is 16.7 Å². The maximum absolute atomic E-state index is 14.2. The van der Waals surface area contributed by atoms with Gasteiger partial charge in [0.1, 0.15) is 11.3 Å². The summed E-state index contributed by atoms with van der Waals surface area (Å²) in [6, 6.07) is 13.8. The summed E-state index contributed by atoms with van der Waals surface area (Å²) in [6.45, 7) is 1.72. The highest BCUT2D eigenvalue weighted by Gasteiger charge is 2.43. The molecule has 2 atom stereocenters. The zero-order valence-electron chi connectivity index (χ0n) is 20.3. The summed E-state index contributed by atoms with van der Waals surface area (Å²) in [5.41, 5.74) is 8.06. The first kappa shape index (κ1) is 26.4. The van der Waals surface area contributed by atoms with Crippen molar-refractivity contribution in [3.63, 3.8) is 0 Å². The van der Waals surface area contributed by atoms with Gasteiger partial charge >= 0.3 is 14.4 Å². The minimum absolute atomic E-state index is 0.0364. The lowest BCUT2D eigenvalue weighted by Crippen LogP contribution is -2.41. The van der Waals surface area contributed by atoms with Crippen molar-refractivity contribution in [2.45, 2.75) is 44.3 Å². The minimum atomic E-state index is -4.72. The second kappa shape index (κ2) is 10.1. The third-order valence-corrected chi connectivity index (χ3v) is 6.99. The van der Waals surface area contributed by atoms with Crippen LogP contribution in [0.5, 0.6) is 0 Å². The van der Waals surface area contributed by atoms with E-state index in [2.05, 4.69) is 10.3 Å². The van der Waals surface area contributed by atoms with Crippen molar-refractivity contribution >= 4 is 8.25 Å². The van der Waals surface area contributed by atoms with Crippen LogP contribution >= 0.6 is 8.25 Å². The number of alkyl halides is 3. The number of benzene rings is 2. The van der Waals surface area contributed by atoms with Crippen molar-refractivity contribution in [1.82, 2.24) is 10.3 Å². The van der Waals surface area contributed by atoms with Crippen LogP contribution in [0, 0.1) is 0 Å². The van der Waals surface area contributed by atoms with E-state index in [4.69, 9.17) is 24.2 Å². The van der Waals surface area contributed by atoms with Crippen molar-refractivity contribution in [2.75, 3.05) is 6.61 Å². The highest BCUT2D eigenvalue weighted by atomic mass is 31.1. The SMILES string of the molecule is C[C@@](N)(CCc1ccc2c(c1)CCc1c-2noc1-c1noc(-c2ccccc2)c1C(F)(F)F)CO[PH](=O)O. The van der Waals surface area contributed by atoms with E-state index in [9.17, 15) is 17.7 Å². The lowest BCUT2D eigenvalue weighted by Gasteiger charge is -2.24. The van der Waals surface area contributed by atoms with Gasteiger partial charge in [-0.3, -0.25) is 4.57 Å². The number of halogens is 3. The van der Waals surface area contributed by atoms with Crippen molar-refractivity contribution in [3.8, 4) is 34.0 Å². The molecular formula is C26H25F3N3O5P. The number of fused-ring (bicyclic) bond motifs is 3. The summed E-state index contributed by atoms with van der Waals surface area (Å²) < 4.78 is 68.8. The number of aryl methyl sites for hydroxylation is 2. The van der Waals surface area contributed by atoms with Crippen LogP contribution in [-0.2, 0) is 34.5 Å². The largest absolute Gasteiger partial charge is 0.422 e. The van der Waals surface area contributed by atoms with E-state index >= 15 is 0 Å². The molecule has 0 fully saturated rings. The van der Waals surface area contributed by atoms with E-state index in [-0.39, 0.29) is 23.7 Å². The van der Waals surface area contributed by atoms with Gasteiger partial charge in [0.15, 0.2) is 17.2 Å². The van der Waals surface area contributed by atoms with E-state index in [0.29, 0.717) is 36.9 Å². The molecule has 0 amide bonds. The standard InChI is InChI=1S/C26H25F3N3O5P/c1-25(30,14-35-38(33)34)12-11-15-7-9-18-17(13-15)8-10-19-21(18)31-37-24(19)22-20(26(27,28)29)23(36-32-22)16-5-3-2-4-6-16/h2-7,9,13,38H,8,10-12,14,30H2,1H3,(H,33,34)/t25-/m1/s1. The van der Waals surface area contributed by atoms with Crippen LogP contribution in [-0.4, -0.2) is 27.4 Å². The van der Waals surface area contributed by atoms with Gasteiger partial charge in [-0.05, 0) is 43.7 Å². The zero-order valence-corrected chi connectivity index (χ0v) is 21.3. The van der Waals surface area contributed by atoms with Gasteiger partial charge in [0.05, 0.1) is 6.61 Å². The molecule has 4 aromatic rings. The molecule has 0 bridgehead atoms. The monoisotopic (exact) mass is 547 g/mol. The van der Waals surface area contributed by atoms with Gasteiger partial charge in [0, 0.05) is 22.2 Å². The summed E-state index contributed by atoms with van der Waals surface area (Å²) >= 11 is 0. The molecule has 0 saturated carbocycles. The van der Waals surface area contributed by atoms with Crippen molar-refractivity contribution in [2.24, 2.45) is 5.73 Å². The number of aromatic nitrogens is 2. The second-order valence-electron chi connectivity index (χ2n) is 9.64. The van der Waals surface area contributed by atoms with Crippen LogP contribution in [0.15, 0.2) is 57.6 Å². The fraction of sp³-hybridized carbons (Fsp3) is 0.308. The third-order valence-electron chi connectivity index (χ3n) is 6.59. The number of rotatable bonds is 8. The molecule has 1 aliphatic carbocycles. The maximum atomic E-state index is 14.2. The lowest BCUT2D eigenvalue weighted by molar-refractivity contribution is -0.136. The lowest BCUT2D eigenvalue weighted by atomic mass is 9.86. The highest BCUT2D eigenvalue weighted by Crippen LogP contribution is 2.46. The van der Waals surface area contributed by atoms with Crippen LogP contribution < -0.4 is 5.73 Å². The molecule has 3 N–H and O–H groups in total. The average Bonchev–Trinajstić information content (AvgIpc) is 3.51. The van der Waals surface area contributed by atoms with E-state index in [1.807, 2.05) is 18.2 Å². The molecule has 0 spiro atoms. The molecule has 0 saturated heterocycles. The molecule has 38 heavy (non-hydrogen) atoms. The fourth-order valence-electron chi connectivity index (χ4n) is 4.66. The van der Waals surface area contributed by atoms with Crippen molar-refractivity contribution in [3.05, 3.63) is 70.8 Å². The van der Waals surface area contributed by atoms with Crippen molar-refractivity contribution < 1.29 is 36.2 Å². The topological polar surface area (TPSA) is 125 Å². The van der Waals surface area contributed by atoms with Gasteiger partial charge in [0.2, 0.25) is 0 Å². The van der Waals surface area contributed by atoms with Gasteiger partial charge < -0.3 is 24.2 Å². The van der Waals surface area contributed by atoms with Gasteiger partial charge in [-0.25, -0.2) is 0 Å². The average molecular weight is 547 g/mol. The molecule has 5 rings (SSSR count). The Balaban J connectivity index is 1.44. The Morgan fingerprint density at radius 1 is 1.05 bits per heavy atom. The summed E-state index contributed by atoms with van der Waals surface area (Å²) in [6.07, 6.45) is -2.59. The predicted molar refractivity (Wildman–Crippen MR) is 133 cm³/mol. The molecule has 2 heterocycles. The number of hydrogen-bond acceptors (Lipinski definition) is 7. The molecule has 200 valence electrons. The summed E-state index contributed by atoms with van der Waals surface area (Å²) in [4.78, 5) is 8.89. The van der Waals surface area contributed by atoms with Gasteiger partial charge in [0.25, 0.3) is 0 Å². The normalized spacial score (nSPS) is 15.5.